The molecule has 1 saturated heterocycles. The first kappa shape index (κ1) is 16.6. The van der Waals surface area contributed by atoms with Crippen LogP contribution in [-0.2, 0) is 11.3 Å². The number of aryl methyl sites for hydroxylation is 2. The fraction of sp³-hybridized carbons (Fsp3) is 0.474. The largest absolute Gasteiger partial charge is 0.374 e. The number of anilines is 1. The summed E-state index contributed by atoms with van der Waals surface area (Å²) in [6, 6.07) is 10.1. The Labute approximate surface area is 143 Å². The number of carbonyl (C=O) groups excluding carboxylic acids is 1. The van der Waals surface area contributed by atoms with E-state index in [1.54, 1.807) is 0 Å². The summed E-state index contributed by atoms with van der Waals surface area (Å²) in [6.45, 7) is 8.54. The summed E-state index contributed by atoms with van der Waals surface area (Å²) in [4.78, 5) is 14.4. The standard InChI is InChI=1S/C19H26N4O/c1-14-11-15(2)23(21-14)13-17-7-6-8-18(12-17)20-16(3)19(24)22-9-4-5-10-22/h6-8,11-12,16,20H,4-5,9-10,13H2,1-3H3. The van der Waals surface area contributed by atoms with Crippen molar-refractivity contribution in [2.45, 2.75) is 46.2 Å². The van der Waals surface area contributed by atoms with Gasteiger partial charge in [-0.1, -0.05) is 12.1 Å². The van der Waals surface area contributed by atoms with Crippen LogP contribution >= 0.6 is 0 Å². The van der Waals surface area contributed by atoms with Crippen LogP contribution in [-0.4, -0.2) is 39.7 Å². The van der Waals surface area contributed by atoms with Gasteiger partial charge >= 0.3 is 0 Å². The van der Waals surface area contributed by atoms with Gasteiger partial charge in [-0.3, -0.25) is 9.48 Å². The number of hydrogen-bond donors (Lipinski definition) is 1. The molecule has 5 nitrogen and oxygen atoms in total. The van der Waals surface area contributed by atoms with Gasteiger partial charge in [0.1, 0.15) is 6.04 Å². The van der Waals surface area contributed by atoms with Crippen LogP contribution in [0.5, 0.6) is 0 Å². The lowest BCUT2D eigenvalue weighted by Crippen LogP contribution is -2.39. The second kappa shape index (κ2) is 7.07. The van der Waals surface area contributed by atoms with E-state index in [2.05, 4.69) is 35.5 Å². The monoisotopic (exact) mass is 326 g/mol. The quantitative estimate of drug-likeness (QED) is 0.919. The van der Waals surface area contributed by atoms with E-state index in [9.17, 15) is 4.79 Å². The first-order valence-corrected chi connectivity index (χ1v) is 8.68. The molecule has 0 saturated carbocycles. The van der Waals surface area contributed by atoms with Gasteiger partial charge in [-0.2, -0.15) is 5.10 Å². The molecule has 24 heavy (non-hydrogen) atoms. The summed E-state index contributed by atoms with van der Waals surface area (Å²) < 4.78 is 2.01. The van der Waals surface area contributed by atoms with Crippen molar-refractivity contribution < 1.29 is 4.79 Å². The molecule has 0 bridgehead atoms. The molecule has 3 rings (SSSR count). The van der Waals surface area contributed by atoms with Crippen molar-refractivity contribution in [3.05, 3.63) is 47.3 Å². The minimum atomic E-state index is -0.202. The number of likely N-dealkylation sites (tertiary alicyclic amines) is 1. The van der Waals surface area contributed by atoms with Crippen LogP contribution in [0.25, 0.3) is 0 Å². The topological polar surface area (TPSA) is 50.2 Å². The van der Waals surface area contributed by atoms with Crippen LogP contribution in [0.2, 0.25) is 0 Å². The van der Waals surface area contributed by atoms with Crippen molar-refractivity contribution in [1.82, 2.24) is 14.7 Å². The molecular weight excluding hydrogens is 300 g/mol. The van der Waals surface area contributed by atoms with Crippen molar-refractivity contribution in [1.29, 1.82) is 0 Å². The number of rotatable bonds is 5. The minimum Gasteiger partial charge on any atom is -0.374 e. The Morgan fingerprint density at radius 2 is 2.00 bits per heavy atom. The highest BCUT2D eigenvalue weighted by atomic mass is 16.2. The molecule has 1 aromatic heterocycles. The number of aromatic nitrogens is 2. The van der Waals surface area contributed by atoms with E-state index in [1.807, 2.05) is 35.6 Å². The van der Waals surface area contributed by atoms with Gasteiger partial charge in [0.2, 0.25) is 5.91 Å². The number of nitrogens with one attached hydrogen (secondary N) is 1. The molecule has 0 radical (unpaired) electrons. The summed E-state index contributed by atoms with van der Waals surface area (Å²) in [5.74, 6) is 0.191. The van der Waals surface area contributed by atoms with E-state index in [0.717, 1.165) is 49.6 Å². The third-order valence-electron chi connectivity index (χ3n) is 4.53. The van der Waals surface area contributed by atoms with Crippen molar-refractivity contribution in [2.24, 2.45) is 0 Å². The first-order valence-electron chi connectivity index (χ1n) is 8.68. The van der Waals surface area contributed by atoms with Crippen LogP contribution in [0.4, 0.5) is 5.69 Å². The van der Waals surface area contributed by atoms with E-state index in [-0.39, 0.29) is 11.9 Å². The second-order valence-corrected chi connectivity index (χ2v) is 6.68. The van der Waals surface area contributed by atoms with Crippen molar-refractivity contribution in [3.63, 3.8) is 0 Å². The first-order chi connectivity index (χ1) is 11.5. The molecule has 5 heteroatoms. The third kappa shape index (κ3) is 3.78. The maximum Gasteiger partial charge on any atom is 0.244 e. The molecule has 1 N–H and O–H groups in total. The molecule has 1 fully saturated rings. The van der Waals surface area contributed by atoms with Gasteiger partial charge in [-0.05, 0) is 57.4 Å². The van der Waals surface area contributed by atoms with Gasteiger partial charge < -0.3 is 10.2 Å². The zero-order chi connectivity index (χ0) is 17.1. The molecule has 1 atom stereocenters. The lowest BCUT2D eigenvalue weighted by atomic mass is 10.1. The van der Waals surface area contributed by atoms with Gasteiger partial charge in [-0.25, -0.2) is 0 Å². The summed E-state index contributed by atoms with van der Waals surface area (Å²) in [7, 11) is 0. The second-order valence-electron chi connectivity index (χ2n) is 6.68. The Hall–Kier alpha value is -2.30. The van der Waals surface area contributed by atoms with Crippen LogP contribution < -0.4 is 5.32 Å². The number of hydrogen-bond acceptors (Lipinski definition) is 3. The van der Waals surface area contributed by atoms with Gasteiger partial charge in [-0.15, -0.1) is 0 Å². The summed E-state index contributed by atoms with van der Waals surface area (Å²) >= 11 is 0. The summed E-state index contributed by atoms with van der Waals surface area (Å²) in [6.07, 6.45) is 2.24. The lowest BCUT2D eigenvalue weighted by Gasteiger charge is -2.22. The normalized spacial score (nSPS) is 15.5. The van der Waals surface area contributed by atoms with Gasteiger partial charge in [0.05, 0.1) is 12.2 Å². The maximum atomic E-state index is 12.4. The summed E-state index contributed by atoms with van der Waals surface area (Å²) in [5, 5.41) is 7.86. The van der Waals surface area contributed by atoms with Crippen molar-refractivity contribution in [2.75, 3.05) is 18.4 Å². The summed E-state index contributed by atoms with van der Waals surface area (Å²) in [5.41, 5.74) is 4.34. The smallest absolute Gasteiger partial charge is 0.244 e. The number of amides is 1. The highest BCUT2D eigenvalue weighted by Gasteiger charge is 2.22. The number of carbonyl (C=O) groups is 1. The average Bonchev–Trinajstić information content (AvgIpc) is 3.17. The third-order valence-corrected chi connectivity index (χ3v) is 4.53. The van der Waals surface area contributed by atoms with E-state index >= 15 is 0 Å². The molecule has 1 unspecified atom stereocenters. The Kier molecular flexibility index (Phi) is 4.88. The molecule has 2 aromatic rings. The molecule has 0 aliphatic carbocycles. The van der Waals surface area contributed by atoms with Crippen molar-refractivity contribution >= 4 is 11.6 Å². The number of benzene rings is 1. The minimum absolute atomic E-state index is 0.191. The van der Waals surface area contributed by atoms with E-state index in [4.69, 9.17) is 0 Å². The van der Waals surface area contributed by atoms with Crippen LogP contribution in [0, 0.1) is 13.8 Å². The fourth-order valence-electron chi connectivity index (χ4n) is 3.29. The van der Waals surface area contributed by atoms with E-state index < -0.39 is 0 Å². The maximum absolute atomic E-state index is 12.4. The molecule has 1 aromatic carbocycles. The zero-order valence-electron chi connectivity index (χ0n) is 14.7. The predicted molar refractivity (Wildman–Crippen MR) is 96.1 cm³/mol. The molecule has 128 valence electrons. The molecule has 1 amide bonds. The Balaban J connectivity index is 1.66. The van der Waals surface area contributed by atoms with Crippen LogP contribution in [0.3, 0.4) is 0 Å². The fourth-order valence-corrected chi connectivity index (χ4v) is 3.29. The molecular formula is C19H26N4O. The highest BCUT2D eigenvalue weighted by Crippen LogP contribution is 2.16. The SMILES string of the molecule is Cc1cc(C)n(Cc2cccc(NC(C)C(=O)N3CCCC3)c2)n1. The van der Waals surface area contributed by atoms with E-state index in [0.29, 0.717) is 0 Å². The molecule has 1 aliphatic heterocycles. The Morgan fingerprint density at radius 3 is 2.67 bits per heavy atom. The van der Waals surface area contributed by atoms with Crippen LogP contribution in [0.15, 0.2) is 30.3 Å². The highest BCUT2D eigenvalue weighted by molar-refractivity contribution is 5.84. The van der Waals surface area contributed by atoms with Gasteiger partial charge in [0.15, 0.2) is 0 Å². The predicted octanol–water partition coefficient (Wildman–Crippen LogP) is 2.97. The zero-order valence-corrected chi connectivity index (χ0v) is 14.7. The Morgan fingerprint density at radius 1 is 1.25 bits per heavy atom. The molecule has 0 spiro atoms. The number of nitrogens with zero attached hydrogens (tertiary/aromatic N) is 3. The van der Waals surface area contributed by atoms with Gasteiger partial charge in [0.25, 0.3) is 0 Å². The van der Waals surface area contributed by atoms with E-state index in [1.165, 1.54) is 5.56 Å². The Bertz CT molecular complexity index is 716. The van der Waals surface area contributed by atoms with Crippen molar-refractivity contribution in [3.8, 4) is 0 Å². The van der Waals surface area contributed by atoms with Crippen LogP contribution in [0.1, 0.15) is 36.7 Å². The lowest BCUT2D eigenvalue weighted by molar-refractivity contribution is -0.130. The van der Waals surface area contributed by atoms with Gasteiger partial charge in [0, 0.05) is 24.5 Å². The average molecular weight is 326 g/mol. The molecule has 1 aliphatic rings. The molecule has 2 heterocycles.